The molecule has 120 valence electrons. The minimum Gasteiger partial charge on any atom is -0.503 e. The van der Waals surface area contributed by atoms with E-state index in [1.807, 2.05) is 18.4 Å². The molecule has 1 aromatic heterocycles. The molecule has 0 aliphatic rings. The monoisotopic (exact) mass is 298 g/mol. The second kappa shape index (κ2) is 8.81. The zero-order valence-corrected chi connectivity index (χ0v) is 13.1. The number of methoxy groups -OCH3 is 1. The van der Waals surface area contributed by atoms with Crippen molar-refractivity contribution in [3.05, 3.63) is 27.7 Å². The van der Waals surface area contributed by atoms with Crippen LogP contribution in [0.15, 0.2) is 10.9 Å². The van der Waals surface area contributed by atoms with E-state index in [2.05, 4.69) is 4.90 Å². The summed E-state index contributed by atoms with van der Waals surface area (Å²) >= 11 is 0. The van der Waals surface area contributed by atoms with Gasteiger partial charge in [-0.05, 0) is 19.5 Å². The standard InChI is InChI=1S/C15H26N2O4/c1-4-16(5-2)10-13-15(20)14(19)9-12(11-18)17(13)7-6-8-21-3/h9,18,20H,4-8,10-11H2,1-3H3. The average Bonchev–Trinajstić information content (AvgIpc) is 2.50. The minimum absolute atomic E-state index is 0.225. The molecule has 6 nitrogen and oxygen atoms in total. The first-order chi connectivity index (χ1) is 10.1. The van der Waals surface area contributed by atoms with Crippen molar-refractivity contribution in [3.8, 4) is 5.75 Å². The van der Waals surface area contributed by atoms with Crippen molar-refractivity contribution >= 4 is 0 Å². The maximum absolute atomic E-state index is 11.8. The molecular formula is C15H26N2O4. The topological polar surface area (TPSA) is 74.9 Å². The summed E-state index contributed by atoms with van der Waals surface area (Å²) < 4.78 is 6.87. The summed E-state index contributed by atoms with van der Waals surface area (Å²) in [5.74, 6) is -0.225. The van der Waals surface area contributed by atoms with Crippen LogP contribution in [0.5, 0.6) is 5.75 Å². The molecule has 1 heterocycles. The zero-order chi connectivity index (χ0) is 15.8. The number of aliphatic hydroxyl groups is 1. The molecule has 1 rings (SSSR count). The second-order valence-electron chi connectivity index (χ2n) is 4.91. The predicted octanol–water partition coefficient (Wildman–Crippen LogP) is 0.924. The highest BCUT2D eigenvalue weighted by atomic mass is 16.5. The third-order valence-electron chi connectivity index (χ3n) is 3.64. The van der Waals surface area contributed by atoms with Gasteiger partial charge in [-0.2, -0.15) is 0 Å². The van der Waals surface area contributed by atoms with Gasteiger partial charge < -0.3 is 19.5 Å². The number of pyridine rings is 1. The number of rotatable bonds is 9. The van der Waals surface area contributed by atoms with Gasteiger partial charge in [0.15, 0.2) is 5.75 Å². The van der Waals surface area contributed by atoms with Crippen molar-refractivity contribution in [3.63, 3.8) is 0 Å². The van der Waals surface area contributed by atoms with E-state index in [-0.39, 0.29) is 12.4 Å². The summed E-state index contributed by atoms with van der Waals surface area (Å²) in [4.78, 5) is 14.0. The lowest BCUT2D eigenvalue weighted by atomic mass is 10.2. The van der Waals surface area contributed by atoms with Gasteiger partial charge in [-0.15, -0.1) is 0 Å². The molecule has 2 N–H and O–H groups in total. The molecule has 0 aliphatic carbocycles. The Bertz CT molecular complexity index is 495. The van der Waals surface area contributed by atoms with Crippen molar-refractivity contribution in [2.75, 3.05) is 26.8 Å². The minimum atomic E-state index is -0.441. The molecule has 0 spiro atoms. The van der Waals surface area contributed by atoms with E-state index in [1.54, 1.807) is 7.11 Å². The summed E-state index contributed by atoms with van der Waals surface area (Å²) in [6, 6.07) is 1.30. The molecular weight excluding hydrogens is 272 g/mol. The van der Waals surface area contributed by atoms with Gasteiger partial charge in [0.1, 0.15) is 0 Å². The lowest BCUT2D eigenvalue weighted by molar-refractivity contribution is 0.186. The summed E-state index contributed by atoms with van der Waals surface area (Å²) in [7, 11) is 1.63. The van der Waals surface area contributed by atoms with Crippen molar-refractivity contribution in [1.82, 2.24) is 9.47 Å². The van der Waals surface area contributed by atoms with E-state index in [4.69, 9.17) is 4.74 Å². The predicted molar refractivity (Wildman–Crippen MR) is 81.4 cm³/mol. The smallest absolute Gasteiger partial charge is 0.223 e. The fourth-order valence-electron chi connectivity index (χ4n) is 2.34. The maximum atomic E-state index is 11.8. The highest BCUT2D eigenvalue weighted by Gasteiger charge is 2.16. The number of aromatic hydroxyl groups is 1. The van der Waals surface area contributed by atoms with Crippen molar-refractivity contribution in [2.45, 2.75) is 40.0 Å². The number of nitrogens with zero attached hydrogens (tertiary/aromatic N) is 2. The van der Waals surface area contributed by atoms with E-state index < -0.39 is 5.43 Å². The number of aromatic nitrogens is 1. The number of hydrogen-bond acceptors (Lipinski definition) is 5. The quantitative estimate of drug-likeness (QED) is 0.663. The Labute approximate surface area is 125 Å². The van der Waals surface area contributed by atoms with Crippen molar-refractivity contribution in [2.24, 2.45) is 0 Å². The molecule has 0 fully saturated rings. The molecule has 0 radical (unpaired) electrons. The maximum Gasteiger partial charge on any atom is 0.223 e. The molecule has 0 bridgehead atoms. The van der Waals surface area contributed by atoms with E-state index >= 15 is 0 Å². The van der Waals surface area contributed by atoms with Crippen LogP contribution in [0, 0.1) is 0 Å². The molecule has 0 aromatic carbocycles. The zero-order valence-electron chi connectivity index (χ0n) is 13.1. The lowest BCUT2D eigenvalue weighted by Gasteiger charge is -2.24. The van der Waals surface area contributed by atoms with Gasteiger partial charge in [-0.3, -0.25) is 9.69 Å². The number of hydrogen-bond donors (Lipinski definition) is 2. The first-order valence-electron chi connectivity index (χ1n) is 7.35. The number of ether oxygens (including phenoxy) is 1. The Morgan fingerprint density at radius 1 is 1.33 bits per heavy atom. The highest BCUT2D eigenvalue weighted by molar-refractivity contribution is 5.30. The van der Waals surface area contributed by atoms with Crippen LogP contribution in [0.1, 0.15) is 31.7 Å². The van der Waals surface area contributed by atoms with E-state index in [9.17, 15) is 15.0 Å². The molecule has 1 aromatic rings. The van der Waals surface area contributed by atoms with E-state index in [0.717, 1.165) is 19.5 Å². The molecule has 6 heteroatoms. The van der Waals surface area contributed by atoms with Crippen LogP contribution in [0.3, 0.4) is 0 Å². The fraction of sp³-hybridized carbons (Fsp3) is 0.667. The van der Waals surface area contributed by atoms with Gasteiger partial charge in [0.05, 0.1) is 12.3 Å². The second-order valence-corrected chi connectivity index (χ2v) is 4.91. The van der Waals surface area contributed by atoms with Crippen LogP contribution in [0.25, 0.3) is 0 Å². The van der Waals surface area contributed by atoms with Gasteiger partial charge in [0.2, 0.25) is 5.43 Å². The van der Waals surface area contributed by atoms with Crippen LogP contribution in [0.4, 0.5) is 0 Å². The van der Waals surface area contributed by atoms with Gasteiger partial charge in [0, 0.05) is 38.6 Å². The molecule has 0 amide bonds. The Morgan fingerprint density at radius 2 is 2.00 bits per heavy atom. The SMILES string of the molecule is CCN(CC)Cc1c(O)c(=O)cc(CO)n1CCCOC. The van der Waals surface area contributed by atoms with Crippen LogP contribution in [-0.2, 0) is 24.4 Å². The lowest BCUT2D eigenvalue weighted by Crippen LogP contribution is -2.27. The van der Waals surface area contributed by atoms with Crippen LogP contribution >= 0.6 is 0 Å². The Balaban J connectivity index is 3.21. The highest BCUT2D eigenvalue weighted by Crippen LogP contribution is 2.18. The first-order valence-corrected chi connectivity index (χ1v) is 7.35. The fourth-order valence-corrected chi connectivity index (χ4v) is 2.34. The summed E-state index contributed by atoms with van der Waals surface area (Å²) in [6.07, 6.45) is 0.747. The normalized spacial score (nSPS) is 11.3. The van der Waals surface area contributed by atoms with Gasteiger partial charge >= 0.3 is 0 Å². The molecule has 0 atom stereocenters. The van der Waals surface area contributed by atoms with Gasteiger partial charge in [-0.1, -0.05) is 13.8 Å². The Hall–Kier alpha value is -1.37. The third-order valence-corrected chi connectivity index (χ3v) is 3.64. The van der Waals surface area contributed by atoms with E-state index in [1.165, 1.54) is 6.07 Å². The molecule has 0 aliphatic heterocycles. The Kier molecular flexibility index (Phi) is 7.42. The first kappa shape index (κ1) is 17.7. The van der Waals surface area contributed by atoms with Crippen molar-refractivity contribution < 1.29 is 14.9 Å². The molecule has 0 unspecified atom stereocenters. The summed E-state index contributed by atoms with van der Waals surface area (Å²) in [6.45, 7) is 7.14. The molecule has 0 saturated heterocycles. The van der Waals surface area contributed by atoms with Crippen LogP contribution < -0.4 is 5.43 Å². The van der Waals surface area contributed by atoms with Gasteiger partial charge in [-0.25, -0.2) is 0 Å². The largest absolute Gasteiger partial charge is 0.503 e. The van der Waals surface area contributed by atoms with Crippen LogP contribution in [0.2, 0.25) is 0 Å². The Morgan fingerprint density at radius 3 is 2.52 bits per heavy atom. The molecule has 21 heavy (non-hydrogen) atoms. The molecule has 0 saturated carbocycles. The average molecular weight is 298 g/mol. The van der Waals surface area contributed by atoms with E-state index in [0.29, 0.717) is 31.1 Å². The van der Waals surface area contributed by atoms with Crippen LogP contribution in [-0.4, -0.2) is 46.5 Å². The van der Waals surface area contributed by atoms with Gasteiger partial charge in [0.25, 0.3) is 0 Å². The number of aliphatic hydroxyl groups excluding tert-OH is 1. The summed E-state index contributed by atoms with van der Waals surface area (Å²) in [5, 5.41) is 19.6. The van der Waals surface area contributed by atoms with Crippen molar-refractivity contribution in [1.29, 1.82) is 0 Å². The third kappa shape index (κ3) is 4.56. The summed E-state index contributed by atoms with van der Waals surface area (Å²) in [5.41, 5.74) is 0.645.